The molecule has 3 aromatic rings. The maximum Gasteiger partial charge on any atom is 0.155 e. The first-order valence-corrected chi connectivity index (χ1v) is 9.15. The van der Waals surface area contributed by atoms with Crippen LogP contribution in [0.15, 0.2) is 53.7 Å². The van der Waals surface area contributed by atoms with Gasteiger partial charge >= 0.3 is 0 Å². The van der Waals surface area contributed by atoms with Crippen molar-refractivity contribution in [2.45, 2.75) is 23.9 Å². The molecule has 0 spiro atoms. The molecule has 1 aromatic heterocycles. The van der Waals surface area contributed by atoms with Gasteiger partial charge < -0.3 is 9.64 Å². The molecule has 2 aliphatic rings. The number of ether oxygens (including phenoxy) is 1. The third-order valence-electron chi connectivity index (χ3n) is 4.56. The van der Waals surface area contributed by atoms with Crippen LogP contribution in [0.4, 0.5) is 5.69 Å². The minimum atomic E-state index is 0.461. The Kier molecular flexibility index (Phi) is 3.61. The van der Waals surface area contributed by atoms with Gasteiger partial charge in [-0.05, 0) is 55.1 Å². The quantitative estimate of drug-likeness (QED) is 0.700. The van der Waals surface area contributed by atoms with Gasteiger partial charge in [-0.2, -0.15) is 5.10 Å². The van der Waals surface area contributed by atoms with Crippen LogP contribution >= 0.6 is 11.9 Å². The van der Waals surface area contributed by atoms with Crippen molar-refractivity contribution in [1.29, 1.82) is 0 Å². The van der Waals surface area contributed by atoms with Gasteiger partial charge in [0.05, 0.1) is 11.9 Å². The van der Waals surface area contributed by atoms with Gasteiger partial charge in [-0.25, -0.2) is 9.71 Å². The van der Waals surface area contributed by atoms with Crippen LogP contribution in [0.2, 0.25) is 0 Å². The number of hydrogen-bond donors (Lipinski definition) is 2. The highest BCUT2D eigenvalue weighted by molar-refractivity contribution is 7.97. The van der Waals surface area contributed by atoms with Crippen LogP contribution in [-0.4, -0.2) is 27.9 Å². The molecule has 0 radical (unpaired) electrons. The van der Waals surface area contributed by atoms with E-state index in [2.05, 4.69) is 36.9 Å². The number of aromatic amines is 1. The summed E-state index contributed by atoms with van der Waals surface area (Å²) < 4.78 is 9.60. The summed E-state index contributed by atoms with van der Waals surface area (Å²) in [6.07, 6.45) is 4.41. The SMILES string of the molecule is c1cc(Oc2ccc3c(c2)SNC2CCCN32)cc(-c2ncn[nH]2)c1. The maximum atomic E-state index is 6.07. The molecule has 2 N–H and O–H groups in total. The number of H-pyrrole nitrogens is 1. The van der Waals surface area contributed by atoms with Crippen molar-refractivity contribution >= 4 is 17.6 Å². The zero-order valence-electron chi connectivity index (χ0n) is 13.5. The van der Waals surface area contributed by atoms with Gasteiger partial charge in [0.2, 0.25) is 0 Å². The summed E-state index contributed by atoms with van der Waals surface area (Å²) in [5.41, 5.74) is 2.25. The van der Waals surface area contributed by atoms with Crippen LogP contribution in [0.25, 0.3) is 11.4 Å². The van der Waals surface area contributed by atoms with E-state index in [0.717, 1.165) is 29.4 Å². The predicted octanol–water partition coefficient (Wildman–Crippen LogP) is 3.80. The first-order chi connectivity index (χ1) is 12.4. The highest BCUT2D eigenvalue weighted by atomic mass is 32.2. The molecule has 0 bridgehead atoms. The fraction of sp³-hybridized carbons (Fsp3) is 0.222. The highest BCUT2D eigenvalue weighted by Gasteiger charge is 2.30. The number of nitrogens with zero attached hydrogens (tertiary/aromatic N) is 3. The molecule has 1 unspecified atom stereocenters. The van der Waals surface area contributed by atoms with Crippen molar-refractivity contribution in [2.24, 2.45) is 0 Å². The molecule has 7 heteroatoms. The van der Waals surface area contributed by atoms with Gasteiger partial charge in [0.15, 0.2) is 5.82 Å². The Morgan fingerprint density at radius 1 is 1.16 bits per heavy atom. The number of hydrogen-bond acceptors (Lipinski definition) is 6. The summed E-state index contributed by atoms with van der Waals surface area (Å²) in [4.78, 5) is 7.84. The molecule has 0 aliphatic carbocycles. The summed E-state index contributed by atoms with van der Waals surface area (Å²) >= 11 is 1.70. The zero-order valence-corrected chi connectivity index (χ0v) is 14.3. The van der Waals surface area contributed by atoms with E-state index in [9.17, 15) is 0 Å². The second-order valence-corrected chi connectivity index (χ2v) is 7.04. The normalized spacial score (nSPS) is 18.7. The van der Waals surface area contributed by atoms with E-state index in [-0.39, 0.29) is 0 Å². The standard InChI is InChI=1S/C18H17N5OS/c1-3-12(18-19-11-20-21-18)9-13(4-1)24-14-6-7-15-16(10-14)25-22-17-5-2-8-23(15)17/h1,3-4,6-7,9-11,17,22H,2,5,8H2,(H,19,20,21). The van der Waals surface area contributed by atoms with Crippen molar-refractivity contribution in [3.63, 3.8) is 0 Å². The van der Waals surface area contributed by atoms with E-state index in [1.54, 1.807) is 11.9 Å². The summed E-state index contributed by atoms with van der Waals surface area (Å²) in [7, 11) is 0. The lowest BCUT2D eigenvalue weighted by Gasteiger charge is -2.33. The second kappa shape index (κ2) is 6.09. The molecule has 2 aliphatic heterocycles. The fourth-order valence-electron chi connectivity index (χ4n) is 3.37. The van der Waals surface area contributed by atoms with E-state index < -0.39 is 0 Å². The van der Waals surface area contributed by atoms with Gasteiger partial charge in [0.1, 0.15) is 17.8 Å². The Hall–Kier alpha value is -2.51. The fourth-order valence-corrected chi connectivity index (χ4v) is 4.35. The van der Waals surface area contributed by atoms with Crippen molar-refractivity contribution in [1.82, 2.24) is 19.9 Å². The monoisotopic (exact) mass is 351 g/mol. The molecule has 1 atom stereocenters. The third kappa shape index (κ3) is 2.75. The highest BCUT2D eigenvalue weighted by Crippen LogP contribution is 2.41. The van der Waals surface area contributed by atoms with Gasteiger partial charge in [-0.1, -0.05) is 12.1 Å². The van der Waals surface area contributed by atoms with Crippen LogP contribution in [0.5, 0.6) is 11.5 Å². The molecule has 0 amide bonds. The lowest BCUT2D eigenvalue weighted by atomic mass is 10.2. The largest absolute Gasteiger partial charge is 0.457 e. The summed E-state index contributed by atoms with van der Waals surface area (Å²) in [5.74, 6) is 2.35. The molecule has 0 saturated carbocycles. The molecule has 126 valence electrons. The molecular weight excluding hydrogens is 334 g/mol. The average molecular weight is 351 g/mol. The summed E-state index contributed by atoms with van der Waals surface area (Å²) in [6, 6.07) is 14.1. The summed E-state index contributed by atoms with van der Waals surface area (Å²) in [5, 5.41) is 6.77. The summed E-state index contributed by atoms with van der Waals surface area (Å²) in [6.45, 7) is 1.12. The number of rotatable bonds is 3. The number of nitrogens with one attached hydrogen (secondary N) is 2. The molecule has 1 saturated heterocycles. The Bertz CT molecular complexity index is 898. The molecule has 1 fully saturated rings. The van der Waals surface area contributed by atoms with Crippen LogP contribution < -0.4 is 14.4 Å². The molecule has 3 heterocycles. The van der Waals surface area contributed by atoms with Crippen LogP contribution in [0, 0.1) is 0 Å². The smallest absolute Gasteiger partial charge is 0.155 e. The van der Waals surface area contributed by atoms with Crippen molar-refractivity contribution < 1.29 is 4.74 Å². The number of anilines is 1. The number of benzene rings is 2. The van der Waals surface area contributed by atoms with Crippen LogP contribution in [-0.2, 0) is 0 Å². The van der Waals surface area contributed by atoms with Crippen LogP contribution in [0.3, 0.4) is 0 Å². The molecule has 5 rings (SSSR count). The van der Waals surface area contributed by atoms with E-state index >= 15 is 0 Å². The Morgan fingerprint density at radius 2 is 2.12 bits per heavy atom. The topological polar surface area (TPSA) is 66.1 Å². The first kappa shape index (κ1) is 14.8. The third-order valence-corrected chi connectivity index (χ3v) is 5.49. The van der Waals surface area contributed by atoms with E-state index in [0.29, 0.717) is 6.17 Å². The predicted molar refractivity (Wildman–Crippen MR) is 97.7 cm³/mol. The molecule has 2 aromatic carbocycles. The van der Waals surface area contributed by atoms with E-state index in [4.69, 9.17) is 4.74 Å². The molecule has 25 heavy (non-hydrogen) atoms. The lowest BCUT2D eigenvalue weighted by Crippen LogP contribution is -2.41. The van der Waals surface area contributed by atoms with Gasteiger partial charge in [-0.3, -0.25) is 5.10 Å². The molecule has 6 nitrogen and oxygen atoms in total. The van der Waals surface area contributed by atoms with Crippen LogP contribution in [0.1, 0.15) is 12.8 Å². The minimum absolute atomic E-state index is 0.461. The second-order valence-electron chi connectivity index (χ2n) is 6.16. The van der Waals surface area contributed by atoms with Crippen molar-refractivity contribution in [3.8, 4) is 22.9 Å². The Labute approximate surface area is 149 Å². The van der Waals surface area contributed by atoms with E-state index in [1.165, 1.54) is 29.8 Å². The van der Waals surface area contributed by atoms with Gasteiger partial charge in [0.25, 0.3) is 0 Å². The van der Waals surface area contributed by atoms with Gasteiger partial charge in [0, 0.05) is 17.0 Å². The molecular formula is C18H17N5OS. The average Bonchev–Trinajstić information content (AvgIpc) is 3.33. The maximum absolute atomic E-state index is 6.07. The Morgan fingerprint density at radius 3 is 3.04 bits per heavy atom. The zero-order chi connectivity index (χ0) is 16.6. The van der Waals surface area contributed by atoms with E-state index in [1.807, 2.05) is 30.3 Å². The Balaban J connectivity index is 1.41. The van der Waals surface area contributed by atoms with Crippen molar-refractivity contribution in [3.05, 3.63) is 48.8 Å². The number of fused-ring (bicyclic) bond motifs is 3. The van der Waals surface area contributed by atoms with Crippen molar-refractivity contribution in [2.75, 3.05) is 11.4 Å². The van der Waals surface area contributed by atoms with Gasteiger partial charge in [-0.15, -0.1) is 0 Å². The number of aromatic nitrogens is 3. The lowest BCUT2D eigenvalue weighted by molar-refractivity contribution is 0.481. The first-order valence-electron chi connectivity index (χ1n) is 8.33. The minimum Gasteiger partial charge on any atom is -0.457 e.